The molecule has 5 heteroatoms. The van der Waals surface area contributed by atoms with E-state index in [1.54, 1.807) is 13.8 Å². The van der Waals surface area contributed by atoms with Crippen molar-refractivity contribution in [3.05, 3.63) is 58.9 Å². The van der Waals surface area contributed by atoms with E-state index in [0.29, 0.717) is 25.3 Å². The minimum atomic E-state index is -0.324. The Kier molecular flexibility index (Phi) is 9.48. The predicted molar refractivity (Wildman–Crippen MR) is 114 cm³/mol. The molecule has 0 amide bonds. The first-order chi connectivity index (χ1) is 14.1. The number of hydrogen-bond donors (Lipinski definition) is 0. The summed E-state index contributed by atoms with van der Waals surface area (Å²) in [5, 5.41) is 0. The van der Waals surface area contributed by atoms with E-state index in [2.05, 4.69) is 6.92 Å². The third-order valence-corrected chi connectivity index (χ3v) is 4.89. The van der Waals surface area contributed by atoms with Crippen LogP contribution < -0.4 is 0 Å². The van der Waals surface area contributed by atoms with Gasteiger partial charge in [-0.15, -0.1) is 0 Å². The molecule has 0 aliphatic carbocycles. The minimum absolute atomic E-state index is 0.156. The van der Waals surface area contributed by atoms with Crippen molar-refractivity contribution >= 4 is 11.9 Å². The molecule has 0 saturated carbocycles. The smallest absolute Gasteiger partial charge is 0.339 e. The average molecular weight is 400 g/mol. The molecular formula is C24H33NO4. The van der Waals surface area contributed by atoms with E-state index in [9.17, 15) is 9.59 Å². The van der Waals surface area contributed by atoms with E-state index in [1.165, 1.54) is 0 Å². The Hall–Kier alpha value is -2.56. The Morgan fingerprint density at radius 2 is 1.66 bits per heavy atom. The molecule has 0 N–H and O–H groups in total. The summed E-state index contributed by atoms with van der Waals surface area (Å²) >= 11 is 0. The maximum atomic E-state index is 12.6. The highest BCUT2D eigenvalue weighted by Crippen LogP contribution is 2.24. The normalized spacial score (nSPS) is 10.7. The van der Waals surface area contributed by atoms with Crippen LogP contribution in [0.25, 0.3) is 0 Å². The molecule has 0 radical (unpaired) electrons. The monoisotopic (exact) mass is 399 g/mol. The SMILES string of the molecule is CCCCCCc1c(C(=O)OCC)cn(Cc2ccccc2)c1CC(=O)OCC. The fraction of sp³-hybridized carbons (Fsp3) is 0.500. The van der Waals surface area contributed by atoms with Crippen LogP contribution in [0.4, 0.5) is 0 Å². The Morgan fingerprint density at radius 3 is 2.31 bits per heavy atom. The summed E-state index contributed by atoms with van der Waals surface area (Å²) < 4.78 is 12.5. The zero-order valence-corrected chi connectivity index (χ0v) is 17.9. The summed E-state index contributed by atoms with van der Waals surface area (Å²) in [4.78, 5) is 24.9. The number of esters is 2. The highest BCUT2D eigenvalue weighted by molar-refractivity contribution is 5.92. The Labute approximate surface area is 174 Å². The third-order valence-electron chi connectivity index (χ3n) is 4.89. The molecule has 2 aromatic rings. The minimum Gasteiger partial charge on any atom is -0.466 e. The fourth-order valence-electron chi connectivity index (χ4n) is 3.51. The topological polar surface area (TPSA) is 57.5 Å². The first-order valence-electron chi connectivity index (χ1n) is 10.7. The average Bonchev–Trinajstić information content (AvgIpc) is 3.03. The van der Waals surface area contributed by atoms with Gasteiger partial charge in [-0.2, -0.15) is 0 Å². The predicted octanol–water partition coefficient (Wildman–Crippen LogP) is 4.94. The molecule has 0 atom stereocenters. The zero-order chi connectivity index (χ0) is 21.1. The summed E-state index contributed by atoms with van der Waals surface area (Å²) in [6.07, 6.45) is 7.14. The van der Waals surface area contributed by atoms with E-state index in [1.807, 2.05) is 41.1 Å². The van der Waals surface area contributed by atoms with Gasteiger partial charge in [0.15, 0.2) is 0 Å². The van der Waals surface area contributed by atoms with Crippen LogP contribution in [0.5, 0.6) is 0 Å². The van der Waals surface area contributed by atoms with Crippen LogP contribution in [0.3, 0.4) is 0 Å². The standard InChI is InChI=1S/C24H33NO4/c1-4-7-8-12-15-20-21(24(27)29-6-3)18-25(17-19-13-10-9-11-14-19)22(20)16-23(26)28-5-2/h9-11,13-14,18H,4-8,12,15-17H2,1-3H3. The van der Waals surface area contributed by atoms with Crippen LogP contribution in [-0.4, -0.2) is 29.7 Å². The Morgan fingerprint density at radius 1 is 0.931 bits per heavy atom. The quantitative estimate of drug-likeness (QED) is 0.375. The lowest BCUT2D eigenvalue weighted by molar-refractivity contribution is -0.142. The molecule has 1 heterocycles. The van der Waals surface area contributed by atoms with Crippen molar-refractivity contribution in [2.24, 2.45) is 0 Å². The van der Waals surface area contributed by atoms with E-state index < -0.39 is 0 Å². The van der Waals surface area contributed by atoms with Crippen molar-refractivity contribution in [2.75, 3.05) is 13.2 Å². The maximum Gasteiger partial charge on any atom is 0.339 e. The summed E-state index contributed by atoms with van der Waals surface area (Å²) in [5.41, 5.74) is 3.45. The van der Waals surface area contributed by atoms with E-state index in [-0.39, 0.29) is 18.4 Å². The lowest BCUT2D eigenvalue weighted by Gasteiger charge is -2.12. The summed E-state index contributed by atoms with van der Waals surface area (Å²) in [6.45, 7) is 7.04. The van der Waals surface area contributed by atoms with Gasteiger partial charge in [0.2, 0.25) is 0 Å². The molecule has 1 aromatic carbocycles. The number of unbranched alkanes of at least 4 members (excludes halogenated alkanes) is 3. The van der Waals surface area contributed by atoms with Gasteiger partial charge in [-0.05, 0) is 37.8 Å². The number of carbonyl (C=O) groups excluding carboxylic acids is 2. The van der Waals surface area contributed by atoms with Crippen LogP contribution in [0.2, 0.25) is 0 Å². The van der Waals surface area contributed by atoms with Crippen molar-refractivity contribution < 1.29 is 19.1 Å². The Bertz CT molecular complexity index is 780. The van der Waals surface area contributed by atoms with Crippen molar-refractivity contribution in [3.8, 4) is 0 Å². The molecule has 0 aliphatic rings. The van der Waals surface area contributed by atoms with Crippen LogP contribution in [-0.2, 0) is 33.7 Å². The Balaban J connectivity index is 2.42. The molecule has 1 aromatic heterocycles. The second-order valence-corrected chi connectivity index (χ2v) is 7.09. The number of hydrogen-bond acceptors (Lipinski definition) is 4. The number of aromatic nitrogens is 1. The summed E-state index contributed by atoms with van der Waals surface area (Å²) in [6, 6.07) is 10.0. The van der Waals surface area contributed by atoms with Gasteiger partial charge >= 0.3 is 11.9 Å². The second kappa shape index (κ2) is 12.1. The van der Waals surface area contributed by atoms with Gasteiger partial charge in [0.1, 0.15) is 0 Å². The van der Waals surface area contributed by atoms with Gasteiger partial charge in [-0.1, -0.05) is 56.5 Å². The number of nitrogens with zero attached hydrogens (tertiary/aromatic N) is 1. The first kappa shape index (κ1) is 22.7. The van der Waals surface area contributed by atoms with Gasteiger partial charge in [-0.3, -0.25) is 4.79 Å². The molecule has 0 bridgehead atoms. The van der Waals surface area contributed by atoms with Gasteiger partial charge in [0.05, 0.1) is 25.2 Å². The van der Waals surface area contributed by atoms with Gasteiger partial charge in [0.25, 0.3) is 0 Å². The highest BCUT2D eigenvalue weighted by Gasteiger charge is 2.23. The molecule has 29 heavy (non-hydrogen) atoms. The van der Waals surface area contributed by atoms with Crippen LogP contribution in [0.1, 0.15) is 73.6 Å². The lowest BCUT2D eigenvalue weighted by Crippen LogP contribution is -2.14. The molecular weight excluding hydrogens is 366 g/mol. The molecule has 158 valence electrons. The molecule has 0 unspecified atom stereocenters. The van der Waals surface area contributed by atoms with Crippen molar-refractivity contribution in [1.29, 1.82) is 0 Å². The highest BCUT2D eigenvalue weighted by atomic mass is 16.5. The zero-order valence-electron chi connectivity index (χ0n) is 17.9. The van der Waals surface area contributed by atoms with Crippen molar-refractivity contribution in [3.63, 3.8) is 0 Å². The number of ether oxygens (including phenoxy) is 2. The molecule has 2 rings (SSSR count). The maximum absolute atomic E-state index is 12.6. The number of rotatable bonds is 12. The van der Waals surface area contributed by atoms with E-state index in [0.717, 1.165) is 48.9 Å². The number of carbonyl (C=O) groups is 2. The summed E-state index contributed by atoms with van der Waals surface area (Å²) in [5.74, 6) is -0.597. The first-order valence-corrected chi connectivity index (χ1v) is 10.7. The van der Waals surface area contributed by atoms with Crippen molar-refractivity contribution in [1.82, 2.24) is 4.57 Å². The molecule has 0 saturated heterocycles. The third kappa shape index (κ3) is 6.77. The van der Waals surface area contributed by atoms with Gasteiger partial charge < -0.3 is 14.0 Å². The van der Waals surface area contributed by atoms with E-state index >= 15 is 0 Å². The largest absolute Gasteiger partial charge is 0.466 e. The molecule has 0 spiro atoms. The van der Waals surface area contributed by atoms with Crippen LogP contribution in [0.15, 0.2) is 36.5 Å². The van der Waals surface area contributed by atoms with Gasteiger partial charge in [-0.25, -0.2) is 4.79 Å². The van der Waals surface area contributed by atoms with Crippen LogP contribution >= 0.6 is 0 Å². The van der Waals surface area contributed by atoms with Crippen molar-refractivity contribution in [2.45, 2.75) is 65.8 Å². The van der Waals surface area contributed by atoms with E-state index in [4.69, 9.17) is 9.47 Å². The number of benzene rings is 1. The fourth-order valence-corrected chi connectivity index (χ4v) is 3.51. The molecule has 0 fully saturated rings. The van der Waals surface area contributed by atoms with Gasteiger partial charge in [0, 0.05) is 18.4 Å². The summed E-state index contributed by atoms with van der Waals surface area (Å²) in [7, 11) is 0. The molecule has 0 aliphatic heterocycles. The molecule has 5 nitrogen and oxygen atoms in total. The van der Waals surface area contributed by atoms with Crippen LogP contribution in [0, 0.1) is 0 Å². The second-order valence-electron chi connectivity index (χ2n) is 7.09. The lowest BCUT2D eigenvalue weighted by atomic mass is 10.0.